The van der Waals surface area contributed by atoms with Crippen LogP contribution in [0.3, 0.4) is 0 Å². The Kier molecular flexibility index (Phi) is 5.84. The molecule has 30 heavy (non-hydrogen) atoms. The average Bonchev–Trinajstić information content (AvgIpc) is 3.26. The van der Waals surface area contributed by atoms with Crippen molar-refractivity contribution in [2.45, 2.75) is 43.9 Å². The van der Waals surface area contributed by atoms with Crippen molar-refractivity contribution in [2.24, 2.45) is 0 Å². The van der Waals surface area contributed by atoms with Crippen LogP contribution in [0.2, 0.25) is 0 Å². The number of nitrogens with one attached hydrogen (secondary N) is 2. The van der Waals surface area contributed by atoms with Gasteiger partial charge in [0.2, 0.25) is 17.7 Å². The first-order valence-electron chi connectivity index (χ1n) is 10.6. The van der Waals surface area contributed by atoms with Crippen LogP contribution >= 0.6 is 0 Å². The lowest BCUT2D eigenvalue weighted by Crippen LogP contribution is -2.43. The second-order valence-corrected chi connectivity index (χ2v) is 8.18. The molecule has 0 aromatic heterocycles. The van der Waals surface area contributed by atoms with Gasteiger partial charge in [0, 0.05) is 24.8 Å². The number of carbonyl (C=O) groups is 3. The van der Waals surface area contributed by atoms with Crippen molar-refractivity contribution in [1.29, 1.82) is 0 Å². The number of para-hydroxylation sites is 2. The minimum Gasteiger partial charge on any atom is -0.355 e. The maximum Gasteiger partial charge on any atom is 0.244 e. The molecule has 0 unspecified atom stereocenters. The van der Waals surface area contributed by atoms with E-state index in [1.54, 1.807) is 12.1 Å². The van der Waals surface area contributed by atoms with E-state index >= 15 is 0 Å². The van der Waals surface area contributed by atoms with Gasteiger partial charge in [-0.05, 0) is 30.5 Å². The van der Waals surface area contributed by atoms with E-state index in [1.165, 1.54) is 23.3 Å². The molecule has 2 aliphatic rings. The molecule has 1 saturated carbocycles. The van der Waals surface area contributed by atoms with Crippen LogP contribution < -0.4 is 15.5 Å². The molecule has 2 aromatic rings. The zero-order valence-corrected chi connectivity index (χ0v) is 17.0. The van der Waals surface area contributed by atoms with Gasteiger partial charge in [0.1, 0.15) is 6.54 Å². The highest BCUT2D eigenvalue weighted by Gasteiger charge is 2.35. The molecule has 0 bridgehead atoms. The van der Waals surface area contributed by atoms with Gasteiger partial charge < -0.3 is 15.5 Å². The largest absolute Gasteiger partial charge is 0.355 e. The molecule has 1 aliphatic heterocycles. The van der Waals surface area contributed by atoms with E-state index in [4.69, 9.17) is 0 Å². The van der Waals surface area contributed by atoms with Gasteiger partial charge in [0.05, 0.1) is 11.4 Å². The number of rotatable bonds is 6. The topological polar surface area (TPSA) is 78.5 Å². The lowest BCUT2D eigenvalue weighted by Gasteiger charge is -2.30. The molecule has 3 amide bonds. The normalized spacial score (nSPS) is 17.2. The summed E-state index contributed by atoms with van der Waals surface area (Å²) in [5, 5.41) is 5.83. The third kappa shape index (κ3) is 4.22. The van der Waals surface area contributed by atoms with Gasteiger partial charge in [-0.2, -0.15) is 0 Å². The smallest absolute Gasteiger partial charge is 0.244 e. The lowest BCUT2D eigenvalue weighted by molar-refractivity contribution is -0.126. The molecule has 0 saturated heterocycles. The number of benzene rings is 2. The highest BCUT2D eigenvalue weighted by atomic mass is 16.2. The first-order chi connectivity index (χ1) is 14.6. The number of fused-ring (bicyclic) bond motifs is 1. The Morgan fingerprint density at radius 2 is 1.67 bits per heavy atom. The number of hydrogen-bond acceptors (Lipinski definition) is 3. The molecular formula is C24H27N3O3. The van der Waals surface area contributed by atoms with Crippen molar-refractivity contribution in [3.63, 3.8) is 0 Å². The molecule has 2 N–H and O–H groups in total. The molecule has 0 atom stereocenters. The standard InChI is InChI=1S/C24H27N3O3/c28-21(25-17-24(14-6-7-15-24)18-8-2-1-3-9-18)12-13-23(30)27-16-22(29)26-19-10-4-5-11-20(19)27/h1-5,8-11H,6-7,12-17H2,(H,25,28)(H,26,29). The minimum atomic E-state index is -0.225. The summed E-state index contributed by atoms with van der Waals surface area (Å²) in [5.74, 6) is -0.566. The number of nitrogens with zero attached hydrogens (tertiary/aromatic N) is 1. The Morgan fingerprint density at radius 3 is 2.43 bits per heavy atom. The molecule has 1 fully saturated rings. The number of hydrogen-bond donors (Lipinski definition) is 2. The van der Waals surface area contributed by atoms with Crippen LogP contribution in [0.4, 0.5) is 11.4 Å². The molecule has 1 heterocycles. The number of amides is 3. The van der Waals surface area contributed by atoms with Crippen LogP contribution in [0, 0.1) is 0 Å². The predicted octanol–water partition coefficient (Wildman–Crippen LogP) is 3.38. The lowest BCUT2D eigenvalue weighted by atomic mass is 9.79. The summed E-state index contributed by atoms with van der Waals surface area (Å²) in [6, 6.07) is 17.6. The summed E-state index contributed by atoms with van der Waals surface area (Å²) in [6.45, 7) is 0.577. The van der Waals surface area contributed by atoms with Crippen LogP contribution in [0.25, 0.3) is 0 Å². The number of anilines is 2. The molecule has 1 aliphatic carbocycles. The van der Waals surface area contributed by atoms with Gasteiger partial charge in [0.25, 0.3) is 0 Å². The van der Waals surface area contributed by atoms with Crippen molar-refractivity contribution in [1.82, 2.24) is 5.32 Å². The molecule has 6 heteroatoms. The van der Waals surface area contributed by atoms with E-state index < -0.39 is 0 Å². The summed E-state index contributed by atoms with van der Waals surface area (Å²) in [4.78, 5) is 38.6. The first-order valence-corrected chi connectivity index (χ1v) is 10.6. The van der Waals surface area contributed by atoms with E-state index in [2.05, 4.69) is 22.8 Å². The molecule has 0 spiro atoms. The maximum absolute atomic E-state index is 12.7. The second-order valence-electron chi connectivity index (χ2n) is 8.18. The van der Waals surface area contributed by atoms with Crippen molar-refractivity contribution in [3.8, 4) is 0 Å². The summed E-state index contributed by atoms with van der Waals surface area (Å²) < 4.78 is 0. The van der Waals surface area contributed by atoms with Crippen LogP contribution in [-0.4, -0.2) is 30.8 Å². The van der Waals surface area contributed by atoms with Gasteiger partial charge in [0.15, 0.2) is 0 Å². The van der Waals surface area contributed by atoms with Crippen molar-refractivity contribution in [3.05, 3.63) is 60.2 Å². The SMILES string of the molecule is O=C(CCC(=O)N1CC(=O)Nc2ccccc21)NCC1(c2ccccc2)CCCC1. The second kappa shape index (κ2) is 8.69. The zero-order chi connectivity index (χ0) is 21.0. The fourth-order valence-electron chi connectivity index (χ4n) is 4.58. The Balaban J connectivity index is 1.34. The minimum absolute atomic E-state index is 0.00910. The van der Waals surface area contributed by atoms with Crippen molar-refractivity contribution >= 4 is 29.1 Å². The Bertz CT molecular complexity index is 936. The highest BCUT2D eigenvalue weighted by Crippen LogP contribution is 2.40. The molecule has 4 rings (SSSR count). The Hall–Kier alpha value is -3.15. The van der Waals surface area contributed by atoms with Crippen LogP contribution in [-0.2, 0) is 19.8 Å². The summed E-state index contributed by atoms with van der Waals surface area (Å²) >= 11 is 0. The quantitative estimate of drug-likeness (QED) is 0.773. The van der Waals surface area contributed by atoms with E-state index in [0.29, 0.717) is 17.9 Å². The molecular weight excluding hydrogens is 378 g/mol. The van der Waals surface area contributed by atoms with Gasteiger partial charge >= 0.3 is 0 Å². The van der Waals surface area contributed by atoms with Crippen LogP contribution in [0.15, 0.2) is 54.6 Å². The van der Waals surface area contributed by atoms with Crippen molar-refractivity contribution < 1.29 is 14.4 Å². The van der Waals surface area contributed by atoms with Gasteiger partial charge in [-0.15, -0.1) is 0 Å². The molecule has 0 radical (unpaired) electrons. The molecule has 156 valence electrons. The fraction of sp³-hybridized carbons (Fsp3) is 0.375. The van der Waals surface area contributed by atoms with Crippen LogP contribution in [0.1, 0.15) is 44.1 Å². The summed E-state index contributed by atoms with van der Waals surface area (Å²) in [5.41, 5.74) is 2.56. The predicted molar refractivity (Wildman–Crippen MR) is 116 cm³/mol. The third-order valence-corrected chi connectivity index (χ3v) is 6.21. The van der Waals surface area contributed by atoms with Gasteiger partial charge in [-0.3, -0.25) is 14.4 Å². The Morgan fingerprint density at radius 1 is 0.967 bits per heavy atom. The molecule has 6 nitrogen and oxygen atoms in total. The third-order valence-electron chi connectivity index (χ3n) is 6.21. The van der Waals surface area contributed by atoms with E-state index in [9.17, 15) is 14.4 Å². The first kappa shape index (κ1) is 20.1. The Labute approximate surface area is 176 Å². The van der Waals surface area contributed by atoms with E-state index in [0.717, 1.165) is 12.8 Å². The zero-order valence-electron chi connectivity index (χ0n) is 17.0. The van der Waals surface area contributed by atoms with E-state index in [1.807, 2.05) is 30.3 Å². The highest BCUT2D eigenvalue weighted by molar-refractivity contribution is 6.10. The summed E-state index contributed by atoms with van der Waals surface area (Å²) in [6.07, 6.45) is 4.65. The fourth-order valence-corrected chi connectivity index (χ4v) is 4.58. The monoisotopic (exact) mass is 405 g/mol. The maximum atomic E-state index is 12.7. The number of carbonyl (C=O) groups excluding carboxylic acids is 3. The average molecular weight is 405 g/mol. The molecule has 2 aromatic carbocycles. The van der Waals surface area contributed by atoms with Gasteiger partial charge in [-0.25, -0.2) is 0 Å². The van der Waals surface area contributed by atoms with Gasteiger partial charge in [-0.1, -0.05) is 55.3 Å². The van der Waals surface area contributed by atoms with Crippen LogP contribution in [0.5, 0.6) is 0 Å². The van der Waals surface area contributed by atoms with E-state index in [-0.39, 0.29) is 42.5 Å². The van der Waals surface area contributed by atoms with Crippen molar-refractivity contribution in [2.75, 3.05) is 23.3 Å². The summed E-state index contributed by atoms with van der Waals surface area (Å²) in [7, 11) is 0.